The fraction of sp³-hybridized carbons (Fsp3) is 0.571. The molecule has 0 aromatic rings. The van der Waals surface area contributed by atoms with Crippen molar-refractivity contribution in [2.24, 2.45) is 0 Å². The molecular formula is C7H10BrN2S. The molecule has 11 heavy (non-hydrogen) atoms. The predicted molar refractivity (Wildman–Crippen MR) is 44.9 cm³/mol. The van der Waals surface area contributed by atoms with Crippen molar-refractivity contribution in [1.29, 1.82) is 0 Å². The van der Waals surface area contributed by atoms with E-state index in [0.29, 0.717) is 0 Å². The van der Waals surface area contributed by atoms with Crippen LogP contribution in [0.3, 0.4) is 0 Å². The van der Waals surface area contributed by atoms with E-state index in [0.717, 1.165) is 19.5 Å². The highest BCUT2D eigenvalue weighted by atomic mass is 79.9. The fourth-order valence-electron chi connectivity index (χ4n) is 1.25. The first-order chi connectivity index (χ1) is 4.86. The SMILES string of the molecule is CC1=[N+]C2=C(CNCC2)S1.[Br-]. The molecule has 2 aliphatic rings. The molecule has 0 amide bonds. The highest BCUT2D eigenvalue weighted by Gasteiger charge is 2.29. The number of rotatable bonds is 0. The number of hydrogen-bond donors (Lipinski definition) is 1. The molecule has 0 bridgehead atoms. The molecule has 2 aliphatic heterocycles. The van der Waals surface area contributed by atoms with Gasteiger partial charge in [-0.15, -0.1) is 0 Å². The van der Waals surface area contributed by atoms with E-state index in [9.17, 15) is 0 Å². The van der Waals surface area contributed by atoms with Crippen LogP contribution in [0.4, 0.5) is 0 Å². The Bertz CT molecular complexity index is 222. The minimum Gasteiger partial charge on any atom is -1.00 e. The number of halogens is 1. The quantitative estimate of drug-likeness (QED) is 0.510. The van der Waals surface area contributed by atoms with Crippen molar-refractivity contribution in [2.75, 3.05) is 13.1 Å². The number of hydrogen-bond acceptors (Lipinski definition) is 3. The van der Waals surface area contributed by atoms with Gasteiger partial charge >= 0.3 is 0 Å². The van der Waals surface area contributed by atoms with Crippen LogP contribution in [0, 0.1) is 0 Å². The van der Waals surface area contributed by atoms with E-state index < -0.39 is 0 Å². The van der Waals surface area contributed by atoms with Crippen LogP contribution in [-0.4, -0.2) is 18.1 Å². The van der Waals surface area contributed by atoms with E-state index in [1.54, 1.807) is 0 Å². The van der Waals surface area contributed by atoms with Gasteiger partial charge in [0.2, 0.25) is 0 Å². The standard InChI is InChI=1S/C7H10N2S.BrH/c1-5-9-6-2-3-8-4-7(6)10-5;/h8H,2-4H2,1H3;1H/q+1;/p-1. The van der Waals surface area contributed by atoms with E-state index in [1.165, 1.54) is 15.6 Å². The molecule has 2 nitrogen and oxygen atoms in total. The zero-order valence-electron chi connectivity index (χ0n) is 6.35. The summed E-state index contributed by atoms with van der Waals surface area (Å²) >= 11 is 1.82. The summed E-state index contributed by atoms with van der Waals surface area (Å²) in [6.45, 7) is 4.19. The lowest BCUT2D eigenvalue weighted by atomic mass is 10.2. The van der Waals surface area contributed by atoms with Crippen molar-refractivity contribution in [2.45, 2.75) is 13.3 Å². The summed E-state index contributed by atoms with van der Waals surface area (Å²) in [4.78, 5) is 5.86. The molecule has 0 aromatic heterocycles. The van der Waals surface area contributed by atoms with Crippen LogP contribution < -0.4 is 27.3 Å². The molecule has 0 atom stereocenters. The lowest BCUT2D eigenvalue weighted by Gasteiger charge is -2.06. The van der Waals surface area contributed by atoms with Crippen molar-refractivity contribution < 1.29 is 17.0 Å². The molecule has 4 heteroatoms. The minimum absolute atomic E-state index is 0. The largest absolute Gasteiger partial charge is 1.00 e. The highest BCUT2D eigenvalue weighted by Crippen LogP contribution is 2.27. The molecule has 0 aliphatic carbocycles. The molecule has 61 valence electrons. The third-order valence-electron chi connectivity index (χ3n) is 1.71. The van der Waals surface area contributed by atoms with Crippen LogP contribution in [0.2, 0.25) is 0 Å². The lowest BCUT2D eigenvalue weighted by molar-refractivity contribution is -0.00000215. The van der Waals surface area contributed by atoms with Crippen LogP contribution in [0.15, 0.2) is 10.6 Å². The van der Waals surface area contributed by atoms with Gasteiger partial charge in [0.15, 0.2) is 0 Å². The van der Waals surface area contributed by atoms with E-state index in [4.69, 9.17) is 0 Å². The summed E-state index contributed by atoms with van der Waals surface area (Å²) in [7, 11) is 0. The summed E-state index contributed by atoms with van der Waals surface area (Å²) < 4.78 is 0. The number of aliphatic imine (C=N–C) groups is 1. The predicted octanol–water partition coefficient (Wildman–Crippen LogP) is -2.30. The average Bonchev–Trinajstić information content (AvgIpc) is 2.27. The van der Waals surface area contributed by atoms with Crippen molar-refractivity contribution >= 4 is 16.8 Å². The smallest absolute Gasteiger partial charge is 0.289 e. The van der Waals surface area contributed by atoms with Gasteiger partial charge in [0, 0.05) is 20.0 Å². The number of nitrogens with one attached hydrogen (secondary N) is 1. The molecule has 0 spiro atoms. The summed E-state index contributed by atoms with van der Waals surface area (Å²) in [5.41, 5.74) is 1.32. The monoisotopic (exact) mass is 233 g/mol. The second kappa shape index (κ2) is 3.74. The summed E-state index contributed by atoms with van der Waals surface area (Å²) in [5.74, 6) is 0. The first-order valence-corrected chi connectivity index (χ1v) is 4.34. The Morgan fingerprint density at radius 1 is 1.55 bits per heavy atom. The van der Waals surface area contributed by atoms with Gasteiger partial charge in [0.1, 0.15) is 0 Å². The van der Waals surface area contributed by atoms with Crippen LogP contribution in [0.25, 0.3) is 0 Å². The van der Waals surface area contributed by atoms with Crippen molar-refractivity contribution in [3.8, 4) is 0 Å². The van der Waals surface area contributed by atoms with Gasteiger partial charge in [-0.25, -0.2) is 0 Å². The molecule has 0 fully saturated rings. The normalized spacial score (nSPS) is 22.5. The minimum atomic E-state index is 0. The number of nitrogens with zero attached hydrogens (tertiary/aromatic N) is 1. The third kappa shape index (κ3) is 1.86. The van der Waals surface area contributed by atoms with Crippen LogP contribution in [-0.2, 0) is 0 Å². The molecule has 2 heterocycles. The van der Waals surface area contributed by atoms with Crippen LogP contribution >= 0.6 is 11.8 Å². The molecule has 0 saturated carbocycles. The molecule has 0 unspecified atom stereocenters. The molecule has 0 aromatic carbocycles. The van der Waals surface area contributed by atoms with Gasteiger partial charge in [-0.3, -0.25) is 0 Å². The van der Waals surface area contributed by atoms with Crippen molar-refractivity contribution in [1.82, 2.24) is 10.3 Å². The Balaban J connectivity index is 0.000000605. The molecular weight excluding hydrogens is 224 g/mol. The van der Waals surface area contributed by atoms with Gasteiger partial charge in [-0.2, -0.15) is 0 Å². The third-order valence-corrected chi connectivity index (χ3v) is 2.72. The van der Waals surface area contributed by atoms with Gasteiger partial charge in [-0.1, -0.05) is 0 Å². The summed E-state index contributed by atoms with van der Waals surface area (Å²) in [6.07, 6.45) is 1.11. The maximum Gasteiger partial charge on any atom is 0.289 e. The first-order valence-electron chi connectivity index (χ1n) is 3.52. The van der Waals surface area contributed by atoms with E-state index in [-0.39, 0.29) is 17.0 Å². The maximum atomic E-state index is 4.43. The van der Waals surface area contributed by atoms with E-state index in [2.05, 4.69) is 17.2 Å². The van der Waals surface area contributed by atoms with Crippen molar-refractivity contribution in [3.05, 3.63) is 10.6 Å². The average molecular weight is 234 g/mol. The summed E-state index contributed by atoms with van der Waals surface area (Å²) in [5, 5.41) is 4.53. The Hall–Kier alpha value is 0.200. The maximum absolute atomic E-state index is 4.43. The topological polar surface area (TPSA) is 26.1 Å². The summed E-state index contributed by atoms with van der Waals surface area (Å²) in [6, 6.07) is 0. The van der Waals surface area contributed by atoms with Crippen molar-refractivity contribution in [3.63, 3.8) is 0 Å². The molecule has 1 radical (unpaired) electrons. The van der Waals surface area contributed by atoms with Gasteiger partial charge in [-0.05, 0) is 11.8 Å². The molecule has 1 N–H and O–H groups in total. The Labute approximate surface area is 81.3 Å². The van der Waals surface area contributed by atoms with E-state index >= 15 is 0 Å². The second-order valence-corrected chi connectivity index (χ2v) is 3.82. The second-order valence-electron chi connectivity index (χ2n) is 2.53. The molecule has 0 saturated heterocycles. The van der Waals surface area contributed by atoms with Gasteiger partial charge < -0.3 is 22.3 Å². The molecule has 2 rings (SSSR count). The zero-order chi connectivity index (χ0) is 6.97. The zero-order valence-corrected chi connectivity index (χ0v) is 8.76. The first kappa shape index (κ1) is 9.29. The van der Waals surface area contributed by atoms with Crippen LogP contribution in [0.1, 0.15) is 13.3 Å². The Morgan fingerprint density at radius 2 is 2.36 bits per heavy atom. The lowest BCUT2D eigenvalue weighted by Crippen LogP contribution is -3.00. The Kier molecular flexibility index (Phi) is 3.16. The highest BCUT2D eigenvalue weighted by molar-refractivity contribution is 8.17. The van der Waals surface area contributed by atoms with Gasteiger partial charge in [0.25, 0.3) is 10.7 Å². The fourth-order valence-corrected chi connectivity index (χ4v) is 2.21. The Morgan fingerprint density at radius 3 is 3.09 bits per heavy atom. The van der Waals surface area contributed by atoms with Gasteiger partial charge in [0.05, 0.1) is 16.3 Å². The van der Waals surface area contributed by atoms with E-state index in [1.807, 2.05) is 11.8 Å². The van der Waals surface area contributed by atoms with Crippen LogP contribution in [0.5, 0.6) is 0 Å². The number of thioether (sulfide) groups is 1.